The second-order valence-corrected chi connectivity index (χ2v) is 6.75. The van der Waals surface area contributed by atoms with Gasteiger partial charge in [0.25, 0.3) is 5.91 Å². The minimum atomic E-state index is 0.0273. The van der Waals surface area contributed by atoms with E-state index in [9.17, 15) is 4.79 Å². The van der Waals surface area contributed by atoms with E-state index in [2.05, 4.69) is 24.1 Å². The molecule has 1 aliphatic carbocycles. The first-order chi connectivity index (χ1) is 9.93. The minimum absolute atomic E-state index is 0.0273. The number of nitrogens with zero attached hydrogens (tertiary/aromatic N) is 2. The Morgan fingerprint density at radius 1 is 1.38 bits per heavy atom. The number of carbonyl (C=O) groups is 1. The topological polar surface area (TPSA) is 45.2 Å². The maximum atomic E-state index is 12.6. The van der Waals surface area contributed by atoms with E-state index in [1.165, 1.54) is 12.8 Å². The fraction of sp³-hybridized carbons (Fsp3) is 0.647. The van der Waals surface area contributed by atoms with Crippen LogP contribution in [-0.2, 0) is 0 Å². The molecule has 1 amide bonds. The van der Waals surface area contributed by atoms with E-state index in [4.69, 9.17) is 0 Å². The smallest absolute Gasteiger partial charge is 0.272 e. The number of hydrogen-bond donors (Lipinski definition) is 1. The number of aromatic nitrogens is 1. The van der Waals surface area contributed by atoms with Crippen LogP contribution in [0.3, 0.4) is 0 Å². The number of pyridine rings is 1. The number of rotatable bonds is 4. The van der Waals surface area contributed by atoms with Gasteiger partial charge >= 0.3 is 0 Å². The summed E-state index contributed by atoms with van der Waals surface area (Å²) < 4.78 is 0. The molecule has 0 spiro atoms. The summed E-state index contributed by atoms with van der Waals surface area (Å²) in [5.41, 5.74) is 0.949. The highest BCUT2D eigenvalue weighted by atomic mass is 16.2. The van der Waals surface area contributed by atoms with Crippen LogP contribution in [0.25, 0.3) is 0 Å². The fourth-order valence-corrected chi connectivity index (χ4v) is 2.95. The van der Waals surface area contributed by atoms with Crippen molar-refractivity contribution in [3.8, 4) is 0 Å². The molecule has 1 aromatic rings. The zero-order valence-electron chi connectivity index (χ0n) is 13.6. The number of amides is 1. The Labute approximate surface area is 127 Å². The highest BCUT2D eigenvalue weighted by Gasteiger charge is 2.31. The lowest BCUT2D eigenvalue weighted by atomic mass is 9.75. The van der Waals surface area contributed by atoms with E-state index in [0.29, 0.717) is 17.2 Å². The molecule has 116 valence electrons. The third kappa shape index (κ3) is 3.96. The van der Waals surface area contributed by atoms with Gasteiger partial charge in [-0.3, -0.25) is 4.79 Å². The normalized spacial score (nSPS) is 18.3. The van der Waals surface area contributed by atoms with E-state index in [-0.39, 0.29) is 5.91 Å². The average Bonchev–Trinajstić information content (AvgIpc) is 2.46. The van der Waals surface area contributed by atoms with Gasteiger partial charge in [-0.2, -0.15) is 0 Å². The highest BCUT2D eigenvalue weighted by molar-refractivity contribution is 5.92. The molecule has 4 nitrogen and oxygen atoms in total. The minimum Gasteiger partial charge on any atom is -0.370 e. The molecule has 1 N–H and O–H groups in total. The van der Waals surface area contributed by atoms with Gasteiger partial charge in [-0.15, -0.1) is 0 Å². The Morgan fingerprint density at radius 3 is 2.67 bits per heavy atom. The van der Waals surface area contributed by atoms with Crippen LogP contribution in [-0.4, -0.2) is 35.4 Å². The van der Waals surface area contributed by atoms with Crippen molar-refractivity contribution in [3.05, 3.63) is 23.9 Å². The molecular weight excluding hydrogens is 262 g/mol. The number of hydrogen-bond acceptors (Lipinski definition) is 3. The second-order valence-electron chi connectivity index (χ2n) is 6.75. The van der Waals surface area contributed by atoms with Crippen LogP contribution in [0.4, 0.5) is 5.82 Å². The van der Waals surface area contributed by atoms with Crippen LogP contribution in [0.1, 0.15) is 56.9 Å². The maximum absolute atomic E-state index is 12.6. The predicted molar refractivity (Wildman–Crippen MR) is 86.5 cm³/mol. The van der Waals surface area contributed by atoms with Crippen molar-refractivity contribution in [2.24, 2.45) is 5.41 Å². The van der Waals surface area contributed by atoms with Gasteiger partial charge < -0.3 is 10.2 Å². The van der Waals surface area contributed by atoms with Gasteiger partial charge in [-0.05, 0) is 50.2 Å². The number of carbonyl (C=O) groups excluding carboxylic acids is 1. The van der Waals surface area contributed by atoms with Crippen LogP contribution in [0, 0.1) is 5.41 Å². The van der Waals surface area contributed by atoms with Gasteiger partial charge in [0.1, 0.15) is 11.5 Å². The quantitative estimate of drug-likeness (QED) is 0.922. The average molecular weight is 289 g/mol. The summed E-state index contributed by atoms with van der Waals surface area (Å²) in [5, 5.41) is 3.15. The van der Waals surface area contributed by atoms with E-state index in [1.807, 2.05) is 31.0 Å². The maximum Gasteiger partial charge on any atom is 0.272 e. The van der Waals surface area contributed by atoms with Gasteiger partial charge in [-0.1, -0.05) is 19.9 Å². The van der Waals surface area contributed by atoms with Crippen molar-refractivity contribution in [2.45, 2.75) is 52.5 Å². The third-order valence-electron chi connectivity index (χ3n) is 4.50. The summed E-state index contributed by atoms with van der Waals surface area (Å²) in [6.07, 6.45) is 4.53. The molecule has 0 aromatic carbocycles. The van der Waals surface area contributed by atoms with Crippen LogP contribution in [0.5, 0.6) is 0 Å². The summed E-state index contributed by atoms with van der Waals surface area (Å²) in [6, 6.07) is 5.92. The lowest BCUT2D eigenvalue weighted by Crippen LogP contribution is -2.41. The summed E-state index contributed by atoms with van der Waals surface area (Å²) >= 11 is 0. The zero-order valence-corrected chi connectivity index (χ0v) is 13.6. The summed E-state index contributed by atoms with van der Waals surface area (Å²) in [7, 11) is 1.91. The Kier molecular flexibility index (Phi) is 4.86. The Morgan fingerprint density at radius 2 is 2.05 bits per heavy atom. The first-order valence-corrected chi connectivity index (χ1v) is 7.91. The fourth-order valence-electron chi connectivity index (χ4n) is 2.95. The lowest BCUT2D eigenvalue weighted by Gasteiger charge is -2.38. The SMILES string of the molecule is CCNc1cccc(C(=O)N(C)C2CCC(C)(C)CC2)n1. The monoisotopic (exact) mass is 289 g/mol. The molecule has 0 unspecified atom stereocenters. The molecule has 0 radical (unpaired) electrons. The molecule has 1 saturated carbocycles. The number of anilines is 1. The van der Waals surface area contributed by atoms with E-state index >= 15 is 0 Å². The molecular formula is C17H27N3O. The molecule has 1 aliphatic rings. The van der Waals surface area contributed by atoms with E-state index in [0.717, 1.165) is 25.2 Å². The van der Waals surface area contributed by atoms with Gasteiger partial charge in [0, 0.05) is 19.6 Å². The Balaban J connectivity index is 2.04. The van der Waals surface area contributed by atoms with Gasteiger partial charge in [0.2, 0.25) is 0 Å². The standard InChI is InChI=1S/C17H27N3O/c1-5-18-15-8-6-7-14(19-15)16(21)20(4)13-9-11-17(2,3)12-10-13/h6-8,13H,5,9-12H2,1-4H3,(H,18,19). The Bertz CT molecular complexity index is 489. The highest BCUT2D eigenvalue weighted by Crippen LogP contribution is 2.36. The molecule has 0 bridgehead atoms. The first-order valence-electron chi connectivity index (χ1n) is 7.91. The molecule has 0 aliphatic heterocycles. The van der Waals surface area contributed by atoms with Crippen molar-refractivity contribution in [2.75, 3.05) is 18.9 Å². The molecule has 1 aromatic heterocycles. The molecule has 1 heterocycles. The van der Waals surface area contributed by atoms with Crippen LogP contribution >= 0.6 is 0 Å². The van der Waals surface area contributed by atoms with Crippen molar-refractivity contribution >= 4 is 11.7 Å². The van der Waals surface area contributed by atoms with Crippen LogP contribution in [0.15, 0.2) is 18.2 Å². The van der Waals surface area contributed by atoms with Crippen molar-refractivity contribution < 1.29 is 4.79 Å². The first kappa shape index (κ1) is 15.8. The molecule has 2 rings (SSSR count). The van der Waals surface area contributed by atoms with Gasteiger partial charge in [-0.25, -0.2) is 4.98 Å². The summed E-state index contributed by atoms with van der Waals surface area (Å²) in [6.45, 7) is 7.45. The summed E-state index contributed by atoms with van der Waals surface area (Å²) in [5.74, 6) is 0.793. The third-order valence-corrected chi connectivity index (χ3v) is 4.50. The van der Waals surface area contributed by atoms with E-state index in [1.54, 1.807) is 6.07 Å². The van der Waals surface area contributed by atoms with Crippen molar-refractivity contribution in [3.63, 3.8) is 0 Å². The largest absolute Gasteiger partial charge is 0.370 e. The molecule has 1 fully saturated rings. The van der Waals surface area contributed by atoms with Crippen molar-refractivity contribution in [1.82, 2.24) is 9.88 Å². The number of nitrogens with one attached hydrogen (secondary N) is 1. The Hall–Kier alpha value is -1.58. The molecule has 4 heteroatoms. The van der Waals surface area contributed by atoms with E-state index < -0.39 is 0 Å². The summed E-state index contributed by atoms with van der Waals surface area (Å²) in [4.78, 5) is 18.9. The van der Waals surface area contributed by atoms with Crippen LogP contribution < -0.4 is 5.32 Å². The second kappa shape index (κ2) is 6.46. The van der Waals surface area contributed by atoms with Gasteiger partial charge in [0.15, 0.2) is 0 Å². The zero-order chi connectivity index (χ0) is 15.5. The molecule has 0 atom stereocenters. The lowest BCUT2D eigenvalue weighted by molar-refractivity contribution is 0.0630. The molecule has 0 saturated heterocycles. The van der Waals surface area contributed by atoms with Crippen molar-refractivity contribution in [1.29, 1.82) is 0 Å². The van der Waals surface area contributed by atoms with Crippen LogP contribution in [0.2, 0.25) is 0 Å². The molecule has 21 heavy (non-hydrogen) atoms. The predicted octanol–water partition coefficient (Wildman–Crippen LogP) is 3.55. The van der Waals surface area contributed by atoms with Gasteiger partial charge in [0.05, 0.1) is 0 Å².